The zero-order chi connectivity index (χ0) is 20.4. The number of nitrogens with zero attached hydrogens (tertiary/aromatic N) is 2. The van der Waals surface area contributed by atoms with E-state index in [2.05, 4.69) is 45.0 Å². The summed E-state index contributed by atoms with van der Waals surface area (Å²) in [6.07, 6.45) is 0.848. The molecule has 1 saturated heterocycles. The summed E-state index contributed by atoms with van der Waals surface area (Å²) in [6.45, 7) is 4.10. The SMILES string of the molecule is CCc1ccc2nc(NC3NC(=O)CC(c4cccc(OC)c4)N3)nc(C)c2c1. The molecule has 150 valence electrons. The molecule has 0 saturated carbocycles. The molecular weight excluding hydrogens is 366 g/mol. The maximum Gasteiger partial charge on any atom is 0.226 e. The van der Waals surface area contributed by atoms with Gasteiger partial charge in [-0.2, -0.15) is 0 Å². The van der Waals surface area contributed by atoms with Gasteiger partial charge in [-0.3, -0.25) is 10.1 Å². The average Bonchev–Trinajstić information content (AvgIpc) is 2.73. The molecule has 3 aromatic rings. The largest absolute Gasteiger partial charge is 0.497 e. The Morgan fingerprint density at radius 3 is 2.86 bits per heavy atom. The Morgan fingerprint density at radius 2 is 2.07 bits per heavy atom. The number of hydrogen-bond donors (Lipinski definition) is 3. The molecule has 7 heteroatoms. The molecule has 1 amide bonds. The molecule has 2 atom stereocenters. The maximum atomic E-state index is 12.3. The first kappa shape index (κ1) is 19.1. The Labute approximate surface area is 169 Å². The Morgan fingerprint density at radius 1 is 1.21 bits per heavy atom. The van der Waals surface area contributed by atoms with Crippen molar-refractivity contribution in [2.24, 2.45) is 0 Å². The highest BCUT2D eigenvalue weighted by Gasteiger charge is 2.27. The van der Waals surface area contributed by atoms with Crippen LogP contribution in [0.2, 0.25) is 0 Å². The molecule has 0 aliphatic carbocycles. The monoisotopic (exact) mass is 391 g/mol. The van der Waals surface area contributed by atoms with Gasteiger partial charge in [0.15, 0.2) is 6.29 Å². The lowest BCUT2D eigenvalue weighted by molar-refractivity contribution is -0.124. The third kappa shape index (κ3) is 4.14. The summed E-state index contributed by atoms with van der Waals surface area (Å²) in [7, 11) is 1.63. The number of nitrogens with one attached hydrogen (secondary N) is 3. The Kier molecular flexibility index (Phi) is 5.31. The van der Waals surface area contributed by atoms with Crippen molar-refractivity contribution < 1.29 is 9.53 Å². The molecular formula is C22H25N5O2. The molecule has 4 rings (SSSR count). The minimum Gasteiger partial charge on any atom is -0.497 e. The smallest absolute Gasteiger partial charge is 0.226 e. The predicted octanol–water partition coefficient (Wildman–Crippen LogP) is 3.06. The Balaban J connectivity index is 1.56. The molecule has 3 N–H and O–H groups in total. The third-order valence-electron chi connectivity index (χ3n) is 5.19. The van der Waals surface area contributed by atoms with Crippen LogP contribution in [0.4, 0.5) is 5.95 Å². The number of aromatic nitrogens is 2. The van der Waals surface area contributed by atoms with E-state index in [1.165, 1.54) is 5.56 Å². The van der Waals surface area contributed by atoms with Crippen molar-refractivity contribution in [3.05, 3.63) is 59.3 Å². The van der Waals surface area contributed by atoms with E-state index < -0.39 is 6.29 Å². The highest BCUT2D eigenvalue weighted by atomic mass is 16.5. The highest BCUT2D eigenvalue weighted by molar-refractivity contribution is 5.82. The van der Waals surface area contributed by atoms with Crippen LogP contribution in [-0.4, -0.2) is 29.3 Å². The zero-order valence-corrected chi connectivity index (χ0v) is 16.8. The fourth-order valence-corrected chi connectivity index (χ4v) is 3.60. The van der Waals surface area contributed by atoms with Crippen molar-refractivity contribution in [2.75, 3.05) is 12.4 Å². The lowest BCUT2D eigenvalue weighted by Crippen LogP contribution is -2.56. The number of anilines is 1. The highest BCUT2D eigenvalue weighted by Crippen LogP contribution is 2.24. The van der Waals surface area contributed by atoms with Crippen molar-refractivity contribution in [3.63, 3.8) is 0 Å². The normalized spacial score (nSPS) is 19.1. The van der Waals surface area contributed by atoms with Crippen LogP contribution in [0.5, 0.6) is 5.75 Å². The number of carbonyl (C=O) groups excluding carboxylic acids is 1. The van der Waals surface area contributed by atoms with Crippen LogP contribution in [-0.2, 0) is 11.2 Å². The molecule has 2 heterocycles. The van der Waals surface area contributed by atoms with Crippen molar-refractivity contribution in [1.82, 2.24) is 20.6 Å². The minimum absolute atomic E-state index is 0.0424. The first-order valence-corrected chi connectivity index (χ1v) is 9.79. The molecule has 1 fully saturated rings. The van der Waals surface area contributed by atoms with Gasteiger partial charge in [-0.05, 0) is 48.7 Å². The van der Waals surface area contributed by atoms with E-state index >= 15 is 0 Å². The van der Waals surface area contributed by atoms with Gasteiger partial charge in [0, 0.05) is 17.8 Å². The van der Waals surface area contributed by atoms with Crippen LogP contribution >= 0.6 is 0 Å². The lowest BCUT2D eigenvalue weighted by Gasteiger charge is -2.32. The van der Waals surface area contributed by atoms with E-state index in [0.29, 0.717) is 12.4 Å². The van der Waals surface area contributed by atoms with Crippen molar-refractivity contribution >= 4 is 22.8 Å². The fourth-order valence-electron chi connectivity index (χ4n) is 3.60. The summed E-state index contributed by atoms with van der Waals surface area (Å²) in [5.41, 5.74) is 4.03. The van der Waals surface area contributed by atoms with Gasteiger partial charge < -0.3 is 15.4 Å². The standard InChI is InChI=1S/C22H25N5O2/c1-4-14-8-9-18-17(10-14)13(2)23-21(24-18)27-22-25-19(12-20(28)26-22)15-6-5-7-16(11-15)29-3/h5-11,19,22,25H,4,12H2,1-3H3,(H,26,28)(H,23,24,27). The van der Waals surface area contributed by atoms with Gasteiger partial charge in [-0.15, -0.1) is 0 Å². The van der Waals surface area contributed by atoms with Crippen LogP contribution in [0.15, 0.2) is 42.5 Å². The van der Waals surface area contributed by atoms with Crippen LogP contribution in [0, 0.1) is 6.92 Å². The van der Waals surface area contributed by atoms with E-state index in [0.717, 1.165) is 34.3 Å². The Bertz CT molecular complexity index is 1050. The number of carbonyl (C=O) groups is 1. The van der Waals surface area contributed by atoms with Crippen LogP contribution in [0.25, 0.3) is 10.9 Å². The van der Waals surface area contributed by atoms with Gasteiger partial charge in [-0.1, -0.05) is 25.1 Å². The fraction of sp³-hybridized carbons (Fsp3) is 0.318. The topological polar surface area (TPSA) is 88.2 Å². The Hall–Kier alpha value is -3.19. The van der Waals surface area contributed by atoms with Crippen molar-refractivity contribution in [3.8, 4) is 5.75 Å². The molecule has 2 aromatic carbocycles. The van der Waals surface area contributed by atoms with Gasteiger partial charge in [0.05, 0.1) is 18.3 Å². The van der Waals surface area contributed by atoms with Gasteiger partial charge in [-0.25, -0.2) is 9.97 Å². The van der Waals surface area contributed by atoms with E-state index in [9.17, 15) is 4.79 Å². The molecule has 1 aliphatic heterocycles. The first-order valence-electron chi connectivity index (χ1n) is 9.79. The van der Waals surface area contributed by atoms with Gasteiger partial charge in [0.25, 0.3) is 0 Å². The molecule has 0 spiro atoms. The van der Waals surface area contributed by atoms with E-state index in [1.807, 2.05) is 37.3 Å². The summed E-state index contributed by atoms with van der Waals surface area (Å²) in [5, 5.41) is 10.6. The number of methoxy groups -OCH3 is 1. The van der Waals surface area contributed by atoms with Crippen LogP contribution < -0.4 is 20.7 Å². The maximum absolute atomic E-state index is 12.3. The summed E-state index contributed by atoms with van der Waals surface area (Å²) in [5.74, 6) is 1.20. The second-order valence-electron chi connectivity index (χ2n) is 7.18. The van der Waals surface area contributed by atoms with Gasteiger partial charge in [0.1, 0.15) is 5.75 Å². The number of fused-ring (bicyclic) bond motifs is 1. The lowest BCUT2D eigenvalue weighted by atomic mass is 10.0. The second-order valence-corrected chi connectivity index (χ2v) is 7.18. The van der Waals surface area contributed by atoms with E-state index in [1.54, 1.807) is 7.11 Å². The molecule has 0 bridgehead atoms. The van der Waals surface area contributed by atoms with Crippen molar-refractivity contribution in [1.29, 1.82) is 0 Å². The van der Waals surface area contributed by atoms with E-state index in [4.69, 9.17) is 4.74 Å². The van der Waals surface area contributed by atoms with Crippen LogP contribution in [0.3, 0.4) is 0 Å². The number of hydrogen-bond acceptors (Lipinski definition) is 6. The van der Waals surface area contributed by atoms with E-state index in [-0.39, 0.29) is 11.9 Å². The minimum atomic E-state index is -0.473. The quantitative estimate of drug-likeness (QED) is 0.620. The summed E-state index contributed by atoms with van der Waals surface area (Å²) in [4.78, 5) is 21.5. The molecule has 0 radical (unpaired) electrons. The van der Waals surface area contributed by atoms with Crippen LogP contribution in [0.1, 0.15) is 36.2 Å². The summed E-state index contributed by atoms with van der Waals surface area (Å²) >= 11 is 0. The van der Waals surface area contributed by atoms with Gasteiger partial charge in [0.2, 0.25) is 11.9 Å². The second kappa shape index (κ2) is 8.05. The molecule has 1 aromatic heterocycles. The number of ether oxygens (including phenoxy) is 1. The molecule has 1 aliphatic rings. The molecule has 29 heavy (non-hydrogen) atoms. The summed E-state index contributed by atoms with van der Waals surface area (Å²) < 4.78 is 5.30. The molecule has 2 unspecified atom stereocenters. The number of aryl methyl sites for hydroxylation is 2. The summed E-state index contributed by atoms with van der Waals surface area (Å²) in [6, 6.07) is 13.8. The molecule has 7 nitrogen and oxygen atoms in total. The predicted molar refractivity (Wildman–Crippen MR) is 113 cm³/mol. The number of rotatable bonds is 5. The van der Waals surface area contributed by atoms with Gasteiger partial charge >= 0.3 is 0 Å². The average molecular weight is 391 g/mol. The number of benzene rings is 2. The zero-order valence-electron chi connectivity index (χ0n) is 16.8. The number of amides is 1. The first-order chi connectivity index (χ1) is 14.1. The third-order valence-corrected chi connectivity index (χ3v) is 5.19. The van der Waals surface area contributed by atoms with Crippen molar-refractivity contribution in [2.45, 2.75) is 39.0 Å².